The van der Waals surface area contributed by atoms with Crippen LogP contribution in [-0.4, -0.2) is 83.9 Å². The number of anilines is 1. The Bertz CT molecular complexity index is 870. The van der Waals surface area contributed by atoms with Gasteiger partial charge in [-0.05, 0) is 38.6 Å². The number of carbonyl (C=O) groups excluding carboxylic acids is 3. The fourth-order valence-electron chi connectivity index (χ4n) is 4.50. The number of likely N-dealkylation sites (tertiary alicyclic amines) is 1. The van der Waals surface area contributed by atoms with Crippen molar-refractivity contribution in [3.8, 4) is 0 Å². The molecule has 0 aliphatic carbocycles. The number of benzene rings is 1. The van der Waals surface area contributed by atoms with Crippen LogP contribution in [0, 0.1) is 0 Å². The highest BCUT2D eigenvalue weighted by molar-refractivity contribution is 6.31. The molecule has 3 aliphatic heterocycles. The van der Waals surface area contributed by atoms with Gasteiger partial charge in [-0.1, -0.05) is 11.6 Å². The second-order valence-corrected chi connectivity index (χ2v) is 8.93. The maximum atomic E-state index is 13.0. The molecular formula is C21H28ClN5O3. The van der Waals surface area contributed by atoms with Crippen LogP contribution in [0.4, 0.5) is 5.69 Å². The highest BCUT2D eigenvalue weighted by Crippen LogP contribution is 2.33. The molecule has 2 atom stereocenters. The highest BCUT2D eigenvalue weighted by atomic mass is 35.5. The van der Waals surface area contributed by atoms with E-state index in [0.29, 0.717) is 48.7 Å². The van der Waals surface area contributed by atoms with Gasteiger partial charge >= 0.3 is 0 Å². The van der Waals surface area contributed by atoms with Crippen LogP contribution in [0.25, 0.3) is 0 Å². The predicted octanol–water partition coefficient (Wildman–Crippen LogP) is 1.37. The summed E-state index contributed by atoms with van der Waals surface area (Å²) in [6.45, 7) is 5.26. The van der Waals surface area contributed by atoms with Crippen molar-refractivity contribution in [2.24, 2.45) is 0 Å². The van der Waals surface area contributed by atoms with E-state index < -0.39 is 11.7 Å². The molecule has 3 amide bonds. The first-order valence-corrected chi connectivity index (χ1v) is 10.8. The SMILES string of the molecule is CC(C(=O)N1CCN(C)CC1)N1CCC2(CCC1=O)NC(=O)c1cc(Cl)ccc1N2. The van der Waals surface area contributed by atoms with Crippen molar-refractivity contribution < 1.29 is 14.4 Å². The molecule has 9 heteroatoms. The number of nitrogens with zero attached hydrogens (tertiary/aromatic N) is 3. The minimum Gasteiger partial charge on any atom is -0.362 e. The van der Waals surface area contributed by atoms with Crippen LogP contribution in [0.15, 0.2) is 18.2 Å². The topological polar surface area (TPSA) is 85.0 Å². The van der Waals surface area contributed by atoms with E-state index in [9.17, 15) is 14.4 Å². The summed E-state index contributed by atoms with van der Waals surface area (Å²) < 4.78 is 0. The summed E-state index contributed by atoms with van der Waals surface area (Å²) in [4.78, 5) is 44.3. The predicted molar refractivity (Wildman–Crippen MR) is 114 cm³/mol. The molecule has 0 aromatic heterocycles. The fourth-order valence-corrected chi connectivity index (χ4v) is 4.67. The van der Waals surface area contributed by atoms with Gasteiger partial charge in [-0.2, -0.15) is 0 Å². The third kappa shape index (κ3) is 3.98. The molecule has 2 N–H and O–H groups in total. The lowest BCUT2D eigenvalue weighted by molar-refractivity contribution is -0.145. The van der Waals surface area contributed by atoms with E-state index in [2.05, 4.69) is 15.5 Å². The largest absolute Gasteiger partial charge is 0.362 e. The molecule has 1 aromatic carbocycles. The zero-order valence-corrected chi connectivity index (χ0v) is 18.2. The van der Waals surface area contributed by atoms with Gasteiger partial charge in [0.15, 0.2) is 0 Å². The number of hydrogen-bond donors (Lipinski definition) is 2. The van der Waals surface area contributed by atoms with E-state index in [0.717, 1.165) is 13.1 Å². The smallest absolute Gasteiger partial charge is 0.255 e. The Morgan fingerprint density at radius 1 is 1.10 bits per heavy atom. The van der Waals surface area contributed by atoms with Crippen LogP contribution in [0.2, 0.25) is 5.02 Å². The van der Waals surface area contributed by atoms with Gasteiger partial charge in [-0.15, -0.1) is 0 Å². The molecule has 3 aliphatic rings. The molecule has 2 unspecified atom stereocenters. The number of piperazine rings is 1. The minimum absolute atomic E-state index is 0.00646. The third-order valence-electron chi connectivity index (χ3n) is 6.46. The third-order valence-corrected chi connectivity index (χ3v) is 6.69. The van der Waals surface area contributed by atoms with Crippen LogP contribution >= 0.6 is 11.6 Å². The average molecular weight is 434 g/mol. The molecule has 0 bridgehead atoms. The lowest BCUT2D eigenvalue weighted by atomic mass is 9.95. The highest BCUT2D eigenvalue weighted by Gasteiger charge is 2.42. The first kappa shape index (κ1) is 20.9. The van der Waals surface area contributed by atoms with E-state index >= 15 is 0 Å². The molecule has 162 valence electrons. The van der Waals surface area contributed by atoms with Gasteiger partial charge in [0.25, 0.3) is 5.91 Å². The lowest BCUT2D eigenvalue weighted by Gasteiger charge is -2.40. The molecule has 0 saturated carbocycles. The van der Waals surface area contributed by atoms with Gasteiger partial charge in [0.1, 0.15) is 11.7 Å². The average Bonchev–Trinajstić information content (AvgIpc) is 2.87. The molecule has 4 rings (SSSR count). The number of likely N-dealkylation sites (N-methyl/N-ethyl adjacent to an activating group) is 1. The van der Waals surface area contributed by atoms with Crippen molar-refractivity contribution in [3.05, 3.63) is 28.8 Å². The normalized spacial score (nSPS) is 26.0. The number of rotatable bonds is 2. The Kier molecular flexibility index (Phi) is 5.63. The van der Waals surface area contributed by atoms with Crippen LogP contribution in [0.5, 0.6) is 0 Å². The fraction of sp³-hybridized carbons (Fsp3) is 0.571. The van der Waals surface area contributed by atoms with Gasteiger partial charge in [0.2, 0.25) is 11.8 Å². The van der Waals surface area contributed by atoms with Crippen molar-refractivity contribution >= 4 is 35.0 Å². The monoisotopic (exact) mass is 433 g/mol. The molecule has 1 spiro atoms. The molecule has 0 radical (unpaired) electrons. The zero-order chi connectivity index (χ0) is 21.5. The van der Waals surface area contributed by atoms with E-state index in [1.54, 1.807) is 30.0 Å². The number of halogens is 1. The molecule has 2 fully saturated rings. The Morgan fingerprint density at radius 3 is 2.57 bits per heavy atom. The first-order valence-electron chi connectivity index (χ1n) is 10.4. The number of amides is 3. The summed E-state index contributed by atoms with van der Waals surface area (Å²) in [5, 5.41) is 6.96. The first-order chi connectivity index (χ1) is 14.3. The van der Waals surface area contributed by atoms with Crippen molar-refractivity contribution in [1.82, 2.24) is 20.0 Å². The molecular weight excluding hydrogens is 406 g/mol. The van der Waals surface area contributed by atoms with Gasteiger partial charge in [0, 0.05) is 56.3 Å². The molecule has 8 nitrogen and oxygen atoms in total. The van der Waals surface area contributed by atoms with Gasteiger partial charge < -0.3 is 25.3 Å². The van der Waals surface area contributed by atoms with Gasteiger partial charge in [0.05, 0.1) is 5.56 Å². The summed E-state index contributed by atoms with van der Waals surface area (Å²) in [5.74, 6) is -0.262. The standard InChI is InChI=1S/C21H28ClN5O3/c1-14(20(30)26-11-9-25(2)10-12-26)27-8-7-21(6-5-18(27)28)23-17-4-3-15(22)13-16(17)19(29)24-21/h3-4,13-14,23H,5-12H2,1-2H3,(H,24,29). The minimum atomic E-state index is -0.709. The summed E-state index contributed by atoms with van der Waals surface area (Å²) >= 11 is 6.02. The molecule has 2 saturated heterocycles. The van der Waals surface area contributed by atoms with E-state index in [1.807, 2.05) is 11.9 Å². The number of nitrogens with one attached hydrogen (secondary N) is 2. The van der Waals surface area contributed by atoms with Crippen LogP contribution in [0.1, 0.15) is 36.5 Å². The van der Waals surface area contributed by atoms with Crippen LogP contribution in [-0.2, 0) is 9.59 Å². The Balaban J connectivity index is 1.47. The van der Waals surface area contributed by atoms with E-state index in [4.69, 9.17) is 11.6 Å². The Labute approximate surface area is 181 Å². The lowest BCUT2D eigenvalue weighted by Crippen LogP contribution is -2.58. The van der Waals surface area contributed by atoms with Crippen molar-refractivity contribution in [1.29, 1.82) is 0 Å². The van der Waals surface area contributed by atoms with Crippen molar-refractivity contribution in [3.63, 3.8) is 0 Å². The molecule has 3 heterocycles. The summed E-state index contributed by atoms with van der Waals surface area (Å²) in [6, 6.07) is 4.66. The van der Waals surface area contributed by atoms with Crippen molar-refractivity contribution in [2.45, 2.75) is 37.9 Å². The Morgan fingerprint density at radius 2 is 1.83 bits per heavy atom. The van der Waals surface area contributed by atoms with E-state index in [1.165, 1.54) is 0 Å². The summed E-state index contributed by atoms with van der Waals surface area (Å²) in [7, 11) is 2.04. The number of hydrogen-bond acceptors (Lipinski definition) is 5. The summed E-state index contributed by atoms with van der Waals surface area (Å²) in [5.41, 5.74) is 0.503. The quantitative estimate of drug-likeness (QED) is 0.735. The molecule has 30 heavy (non-hydrogen) atoms. The number of fused-ring (bicyclic) bond motifs is 1. The zero-order valence-electron chi connectivity index (χ0n) is 17.4. The van der Waals surface area contributed by atoms with Gasteiger partial charge in [-0.3, -0.25) is 14.4 Å². The van der Waals surface area contributed by atoms with Crippen LogP contribution < -0.4 is 10.6 Å². The molecule has 1 aromatic rings. The number of carbonyl (C=O) groups is 3. The van der Waals surface area contributed by atoms with Gasteiger partial charge in [-0.25, -0.2) is 0 Å². The second kappa shape index (κ2) is 8.07. The van der Waals surface area contributed by atoms with Crippen molar-refractivity contribution in [2.75, 3.05) is 45.1 Å². The maximum Gasteiger partial charge on any atom is 0.255 e. The summed E-state index contributed by atoms with van der Waals surface area (Å²) in [6.07, 6.45) is 1.25. The van der Waals surface area contributed by atoms with E-state index in [-0.39, 0.29) is 24.1 Å². The van der Waals surface area contributed by atoms with Crippen LogP contribution in [0.3, 0.4) is 0 Å². The Hall–Kier alpha value is -2.32. The second-order valence-electron chi connectivity index (χ2n) is 8.49. The maximum absolute atomic E-state index is 13.0.